The molecule has 0 fully saturated rings. The minimum absolute atomic E-state index is 0.507. The van der Waals surface area contributed by atoms with E-state index in [1.54, 1.807) is 11.3 Å². The van der Waals surface area contributed by atoms with E-state index in [1.807, 2.05) is 11.8 Å². The highest BCUT2D eigenvalue weighted by atomic mass is 32.2. The smallest absolute Gasteiger partial charge is 0.0944 e. The maximum absolute atomic E-state index is 4.65. The number of benzene rings is 1. The first kappa shape index (κ1) is 15.1. The van der Waals surface area contributed by atoms with Crippen molar-refractivity contribution in [2.75, 3.05) is 6.54 Å². The maximum Gasteiger partial charge on any atom is 0.0944 e. The van der Waals surface area contributed by atoms with Gasteiger partial charge in [-0.1, -0.05) is 25.1 Å². The second-order valence-electron chi connectivity index (χ2n) is 5.62. The van der Waals surface area contributed by atoms with Gasteiger partial charge in [0.25, 0.3) is 0 Å². The van der Waals surface area contributed by atoms with Crippen molar-refractivity contribution in [3.05, 3.63) is 45.9 Å². The van der Waals surface area contributed by atoms with Crippen LogP contribution in [0.1, 0.15) is 29.6 Å². The van der Waals surface area contributed by atoms with Crippen LogP contribution in [0.4, 0.5) is 0 Å². The Bertz CT molecular complexity index is 569. The first-order valence-corrected chi connectivity index (χ1v) is 9.41. The highest BCUT2D eigenvalue weighted by molar-refractivity contribution is 8.00. The van der Waals surface area contributed by atoms with E-state index in [1.165, 1.54) is 28.3 Å². The van der Waals surface area contributed by atoms with E-state index in [-0.39, 0.29) is 0 Å². The highest BCUT2D eigenvalue weighted by Crippen LogP contribution is 2.39. The van der Waals surface area contributed by atoms with Crippen molar-refractivity contribution in [3.63, 3.8) is 0 Å². The zero-order valence-electron chi connectivity index (χ0n) is 12.6. The Balaban J connectivity index is 1.71. The van der Waals surface area contributed by atoms with Crippen molar-refractivity contribution in [2.45, 2.75) is 49.3 Å². The van der Waals surface area contributed by atoms with Crippen LogP contribution in [0.25, 0.3) is 0 Å². The number of thiazole rings is 1. The molecule has 0 spiro atoms. The maximum atomic E-state index is 4.65. The van der Waals surface area contributed by atoms with Crippen LogP contribution < -0.4 is 5.32 Å². The molecule has 2 heterocycles. The number of nitrogens with zero attached hydrogens (tertiary/aromatic N) is 1. The summed E-state index contributed by atoms with van der Waals surface area (Å²) in [6.45, 7) is 5.39. The standard InChI is InChI=1S/C17H22N2S2/c1-3-8-18-14(10-17-19-12(2)11-20-17)16-9-13-6-4-5-7-15(13)21-16/h4-7,11,14,16,18H,3,8-10H2,1-2H3. The van der Waals surface area contributed by atoms with E-state index in [9.17, 15) is 0 Å². The van der Waals surface area contributed by atoms with Crippen LogP contribution in [-0.2, 0) is 12.8 Å². The van der Waals surface area contributed by atoms with Gasteiger partial charge in [0.15, 0.2) is 0 Å². The van der Waals surface area contributed by atoms with Crippen molar-refractivity contribution in [3.8, 4) is 0 Å². The summed E-state index contributed by atoms with van der Waals surface area (Å²) < 4.78 is 0. The van der Waals surface area contributed by atoms with Crippen molar-refractivity contribution >= 4 is 23.1 Å². The Morgan fingerprint density at radius 2 is 2.24 bits per heavy atom. The normalized spacial score (nSPS) is 18.7. The van der Waals surface area contributed by atoms with Crippen molar-refractivity contribution in [2.24, 2.45) is 0 Å². The summed E-state index contributed by atoms with van der Waals surface area (Å²) in [7, 11) is 0. The van der Waals surface area contributed by atoms with E-state index >= 15 is 0 Å². The number of rotatable bonds is 6. The monoisotopic (exact) mass is 318 g/mol. The van der Waals surface area contributed by atoms with E-state index < -0.39 is 0 Å². The van der Waals surface area contributed by atoms with Gasteiger partial charge in [-0.15, -0.1) is 23.1 Å². The van der Waals surface area contributed by atoms with Crippen molar-refractivity contribution < 1.29 is 0 Å². The first-order chi connectivity index (χ1) is 10.3. The Kier molecular flexibility index (Phi) is 4.99. The quantitative estimate of drug-likeness (QED) is 0.869. The molecule has 0 radical (unpaired) electrons. The second kappa shape index (κ2) is 6.95. The Labute approximate surface area is 135 Å². The summed E-state index contributed by atoms with van der Waals surface area (Å²) in [6.07, 6.45) is 3.40. The van der Waals surface area contributed by atoms with Gasteiger partial charge in [0.1, 0.15) is 0 Å². The largest absolute Gasteiger partial charge is 0.312 e. The first-order valence-electron chi connectivity index (χ1n) is 7.65. The fourth-order valence-electron chi connectivity index (χ4n) is 2.78. The van der Waals surface area contributed by atoms with Gasteiger partial charge in [0.05, 0.1) is 5.01 Å². The number of hydrogen-bond donors (Lipinski definition) is 1. The molecule has 3 rings (SSSR count). The molecule has 0 saturated heterocycles. The summed E-state index contributed by atoms with van der Waals surface area (Å²) in [5, 5.41) is 7.79. The number of aromatic nitrogens is 1. The number of aryl methyl sites for hydroxylation is 1. The van der Waals surface area contributed by atoms with Gasteiger partial charge in [-0.2, -0.15) is 0 Å². The molecule has 0 saturated carbocycles. The fourth-order valence-corrected chi connectivity index (χ4v) is 5.02. The summed E-state index contributed by atoms with van der Waals surface area (Å²) in [4.78, 5) is 6.11. The molecule has 0 aliphatic carbocycles. The molecular formula is C17H22N2S2. The summed E-state index contributed by atoms with van der Waals surface area (Å²) >= 11 is 3.83. The fraction of sp³-hybridized carbons (Fsp3) is 0.471. The third-order valence-electron chi connectivity index (χ3n) is 3.84. The van der Waals surface area contributed by atoms with Gasteiger partial charge in [-0.3, -0.25) is 0 Å². The minimum Gasteiger partial charge on any atom is -0.312 e. The molecular weight excluding hydrogens is 296 g/mol. The van der Waals surface area contributed by atoms with Crippen LogP contribution in [0.15, 0.2) is 34.5 Å². The lowest BCUT2D eigenvalue weighted by Crippen LogP contribution is -2.40. The average molecular weight is 319 g/mol. The lowest BCUT2D eigenvalue weighted by atomic mass is 10.0. The van der Waals surface area contributed by atoms with Crippen molar-refractivity contribution in [1.82, 2.24) is 10.3 Å². The average Bonchev–Trinajstić information content (AvgIpc) is 3.09. The summed E-state index contributed by atoms with van der Waals surface area (Å²) in [5.41, 5.74) is 2.65. The molecule has 4 heteroatoms. The Hall–Kier alpha value is -0.840. The lowest BCUT2D eigenvalue weighted by molar-refractivity contribution is 0.490. The zero-order chi connectivity index (χ0) is 14.7. The summed E-state index contributed by atoms with van der Waals surface area (Å²) in [5.74, 6) is 0. The van der Waals surface area contributed by atoms with E-state index in [2.05, 4.69) is 53.8 Å². The molecule has 112 valence electrons. The molecule has 1 aromatic carbocycles. The SMILES string of the molecule is CCCNC(Cc1nc(C)cs1)C1Cc2ccccc2S1. The van der Waals surface area contributed by atoms with Gasteiger partial charge in [-0.05, 0) is 37.9 Å². The molecule has 2 atom stereocenters. The minimum atomic E-state index is 0.507. The van der Waals surface area contributed by atoms with Crippen molar-refractivity contribution in [1.29, 1.82) is 0 Å². The predicted molar refractivity (Wildman–Crippen MR) is 92.4 cm³/mol. The Morgan fingerprint density at radius 3 is 2.95 bits per heavy atom. The van der Waals surface area contributed by atoms with Gasteiger partial charge in [0.2, 0.25) is 0 Å². The van der Waals surface area contributed by atoms with Crippen LogP contribution in [-0.4, -0.2) is 22.8 Å². The Morgan fingerprint density at radius 1 is 1.38 bits per heavy atom. The van der Waals surface area contributed by atoms with Gasteiger partial charge < -0.3 is 5.32 Å². The molecule has 1 aliphatic rings. The molecule has 2 nitrogen and oxygen atoms in total. The third kappa shape index (κ3) is 3.68. The molecule has 21 heavy (non-hydrogen) atoms. The molecule has 0 bridgehead atoms. The highest BCUT2D eigenvalue weighted by Gasteiger charge is 2.29. The molecule has 1 N–H and O–H groups in total. The zero-order valence-corrected chi connectivity index (χ0v) is 14.3. The number of fused-ring (bicyclic) bond motifs is 1. The van der Waals surface area contributed by atoms with Crippen LogP contribution in [0, 0.1) is 6.92 Å². The predicted octanol–water partition coefficient (Wildman–Crippen LogP) is 4.08. The number of thioether (sulfide) groups is 1. The van der Waals surface area contributed by atoms with Crippen LogP contribution >= 0.6 is 23.1 Å². The van der Waals surface area contributed by atoms with Crippen LogP contribution in [0.3, 0.4) is 0 Å². The topological polar surface area (TPSA) is 24.9 Å². The summed E-state index contributed by atoms with van der Waals surface area (Å²) in [6, 6.07) is 9.33. The van der Waals surface area contributed by atoms with E-state index in [0.29, 0.717) is 11.3 Å². The van der Waals surface area contributed by atoms with Crippen LogP contribution in [0.2, 0.25) is 0 Å². The third-order valence-corrected chi connectivity index (χ3v) is 6.28. The van der Waals surface area contributed by atoms with Gasteiger partial charge in [0, 0.05) is 33.7 Å². The molecule has 2 aromatic rings. The molecule has 2 unspecified atom stereocenters. The molecule has 1 aromatic heterocycles. The van der Waals surface area contributed by atoms with Gasteiger partial charge >= 0.3 is 0 Å². The van der Waals surface area contributed by atoms with E-state index in [4.69, 9.17) is 0 Å². The van der Waals surface area contributed by atoms with E-state index in [0.717, 1.165) is 18.7 Å². The number of hydrogen-bond acceptors (Lipinski definition) is 4. The van der Waals surface area contributed by atoms with Gasteiger partial charge in [-0.25, -0.2) is 4.98 Å². The second-order valence-corrected chi connectivity index (χ2v) is 7.84. The molecule has 0 amide bonds. The lowest BCUT2D eigenvalue weighted by Gasteiger charge is -2.23. The molecule has 1 aliphatic heterocycles. The number of nitrogens with one attached hydrogen (secondary N) is 1. The van der Waals surface area contributed by atoms with Crippen LogP contribution in [0.5, 0.6) is 0 Å².